The number of nitrogens with one attached hydrogen (secondary N) is 1. The summed E-state index contributed by atoms with van der Waals surface area (Å²) >= 11 is 1.37. The maximum absolute atomic E-state index is 12.8. The van der Waals surface area contributed by atoms with Gasteiger partial charge in [-0.1, -0.05) is 30.3 Å². The zero-order valence-corrected chi connectivity index (χ0v) is 19.0. The van der Waals surface area contributed by atoms with Crippen molar-refractivity contribution >= 4 is 17.2 Å². The summed E-state index contributed by atoms with van der Waals surface area (Å²) in [4.78, 5) is 20.0. The molecule has 6 nitrogen and oxygen atoms in total. The van der Waals surface area contributed by atoms with E-state index in [9.17, 15) is 15.0 Å². The number of hydrogen-bond donors (Lipinski definition) is 3. The van der Waals surface area contributed by atoms with Crippen molar-refractivity contribution in [3.05, 3.63) is 52.0 Å². The first-order chi connectivity index (χ1) is 15.0. The Morgan fingerprint density at radius 3 is 2.55 bits per heavy atom. The van der Waals surface area contributed by atoms with Gasteiger partial charge in [0, 0.05) is 31.1 Å². The fraction of sp³-hybridized carbons (Fsp3) is 0.583. The van der Waals surface area contributed by atoms with Crippen LogP contribution in [0.2, 0.25) is 0 Å². The van der Waals surface area contributed by atoms with Crippen molar-refractivity contribution < 1.29 is 15.0 Å². The number of nitrogens with zero attached hydrogens (tertiary/aromatic N) is 2. The lowest BCUT2D eigenvalue weighted by Crippen LogP contribution is -2.48. The van der Waals surface area contributed by atoms with Crippen LogP contribution in [0, 0.1) is 6.92 Å². The number of aromatic nitrogens is 1. The lowest BCUT2D eigenvalue weighted by molar-refractivity contribution is 0.00482. The molecule has 1 aromatic heterocycles. The van der Waals surface area contributed by atoms with Gasteiger partial charge in [-0.3, -0.25) is 9.69 Å². The molecule has 0 spiro atoms. The van der Waals surface area contributed by atoms with Crippen LogP contribution in [0.4, 0.5) is 0 Å². The molecule has 1 aliphatic carbocycles. The van der Waals surface area contributed by atoms with Crippen molar-refractivity contribution in [2.24, 2.45) is 0 Å². The van der Waals surface area contributed by atoms with E-state index in [2.05, 4.69) is 39.5 Å². The number of aliphatic hydroxyl groups is 2. The second-order valence-corrected chi connectivity index (χ2v) is 9.93. The molecule has 7 heteroatoms. The van der Waals surface area contributed by atoms with E-state index in [0.29, 0.717) is 17.8 Å². The van der Waals surface area contributed by atoms with Gasteiger partial charge >= 0.3 is 0 Å². The molecular formula is C24H33N3O3S. The lowest BCUT2D eigenvalue weighted by Gasteiger charge is -2.38. The van der Waals surface area contributed by atoms with E-state index in [1.807, 2.05) is 13.0 Å². The highest BCUT2D eigenvalue weighted by Crippen LogP contribution is 2.39. The Labute approximate surface area is 188 Å². The van der Waals surface area contributed by atoms with Crippen molar-refractivity contribution in [1.29, 1.82) is 0 Å². The maximum Gasteiger partial charge on any atom is 0.263 e. The smallest absolute Gasteiger partial charge is 0.263 e. The van der Waals surface area contributed by atoms with Crippen LogP contribution in [0.25, 0.3) is 0 Å². The zero-order valence-electron chi connectivity index (χ0n) is 18.2. The Bertz CT molecular complexity index is 866. The van der Waals surface area contributed by atoms with Gasteiger partial charge in [-0.05, 0) is 51.0 Å². The van der Waals surface area contributed by atoms with E-state index in [4.69, 9.17) is 0 Å². The molecule has 1 aliphatic heterocycles. The standard InChI is InChI=1S/C24H33N3O3S/c1-17-22(31-16-26-17)23(30)25-15-24(18-5-3-2-4-6-18)11-7-20(21(29)8-12-24)27-13-9-19(28)10-14-27/h2-6,16,19-21,28-29H,7-15H2,1H3,(H,25,30)/t20-,21-,24-/m0/s1. The first-order valence-electron chi connectivity index (χ1n) is 11.3. The number of benzene rings is 1. The van der Waals surface area contributed by atoms with Gasteiger partial charge in [0.1, 0.15) is 4.88 Å². The molecule has 2 fully saturated rings. The summed E-state index contributed by atoms with van der Waals surface area (Å²) in [5.41, 5.74) is 3.48. The quantitative estimate of drug-likeness (QED) is 0.619. The normalized spacial score (nSPS) is 28.2. The summed E-state index contributed by atoms with van der Waals surface area (Å²) in [6.07, 6.45) is 4.25. The van der Waals surface area contributed by atoms with Gasteiger partial charge < -0.3 is 15.5 Å². The third-order valence-corrected chi connectivity index (χ3v) is 8.10. The number of aliphatic hydroxyl groups excluding tert-OH is 2. The molecule has 168 valence electrons. The van der Waals surface area contributed by atoms with Crippen molar-refractivity contribution in [3.63, 3.8) is 0 Å². The van der Waals surface area contributed by atoms with E-state index < -0.39 is 0 Å². The topological polar surface area (TPSA) is 85.7 Å². The van der Waals surface area contributed by atoms with Crippen molar-refractivity contribution in [2.75, 3.05) is 19.6 Å². The zero-order chi connectivity index (χ0) is 21.8. The Kier molecular flexibility index (Phi) is 7.06. The Morgan fingerprint density at radius 2 is 1.87 bits per heavy atom. The van der Waals surface area contributed by atoms with Crippen LogP contribution in [0.5, 0.6) is 0 Å². The van der Waals surface area contributed by atoms with Gasteiger partial charge in [0.05, 0.1) is 23.4 Å². The summed E-state index contributed by atoms with van der Waals surface area (Å²) in [6.45, 7) is 4.08. The van der Waals surface area contributed by atoms with Crippen LogP contribution in [-0.2, 0) is 5.41 Å². The number of carbonyl (C=O) groups is 1. The van der Waals surface area contributed by atoms with Gasteiger partial charge in [-0.2, -0.15) is 0 Å². The molecule has 1 saturated carbocycles. The average Bonchev–Trinajstić information content (AvgIpc) is 3.15. The van der Waals surface area contributed by atoms with Gasteiger partial charge in [0.25, 0.3) is 5.91 Å². The van der Waals surface area contributed by atoms with Crippen molar-refractivity contribution in [3.8, 4) is 0 Å². The fourth-order valence-corrected chi connectivity index (χ4v) is 5.93. The number of aryl methyl sites for hydroxylation is 1. The third kappa shape index (κ3) is 5.00. The van der Waals surface area contributed by atoms with Crippen molar-refractivity contribution in [2.45, 2.75) is 69.1 Å². The number of piperidine rings is 1. The van der Waals surface area contributed by atoms with E-state index in [1.165, 1.54) is 16.9 Å². The second-order valence-electron chi connectivity index (χ2n) is 9.08. The van der Waals surface area contributed by atoms with E-state index in [0.717, 1.165) is 50.9 Å². The Hall–Kier alpha value is -1.80. The number of amides is 1. The summed E-state index contributed by atoms with van der Waals surface area (Å²) in [5.74, 6) is -0.0679. The molecule has 1 saturated heterocycles. The Morgan fingerprint density at radius 1 is 1.16 bits per heavy atom. The highest BCUT2D eigenvalue weighted by atomic mass is 32.1. The second kappa shape index (κ2) is 9.77. The van der Waals surface area contributed by atoms with E-state index in [1.54, 1.807) is 5.51 Å². The highest BCUT2D eigenvalue weighted by molar-refractivity contribution is 7.11. The monoisotopic (exact) mass is 443 g/mol. The van der Waals surface area contributed by atoms with Crippen LogP contribution in [0.3, 0.4) is 0 Å². The van der Waals surface area contributed by atoms with Crippen LogP contribution in [0.15, 0.2) is 35.8 Å². The molecule has 1 aromatic carbocycles. The van der Waals surface area contributed by atoms with Crippen LogP contribution >= 0.6 is 11.3 Å². The van der Waals surface area contributed by atoms with Gasteiger partial charge in [-0.15, -0.1) is 11.3 Å². The fourth-order valence-electron chi connectivity index (χ4n) is 5.21. The van der Waals surface area contributed by atoms with Gasteiger partial charge in [0.2, 0.25) is 0 Å². The predicted octanol–water partition coefficient (Wildman–Crippen LogP) is 2.88. The molecule has 2 aliphatic rings. The summed E-state index contributed by atoms with van der Waals surface area (Å²) in [7, 11) is 0. The number of carbonyl (C=O) groups excluding carboxylic acids is 1. The summed E-state index contributed by atoms with van der Waals surface area (Å²) in [5, 5.41) is 24.1. The SMILES string of the molecule is Cc1ncsc1C(=O)NC[C@@]1(c2ccccc2)CC[C@H](O)[C@@H](N2CCC(O)CC2)CC1. The van der Waals surface area contributed by atoms with Crippen LogP contribution < -0.4 is 5.32 Å². The summed E-state index contributed by atoms with van der Waals surface area (Å²) < 4.78 is 0. The highest BCUT2D eigenvalue weighted by Gasteiger charge is 2.40. The molecule has 3 atom stereocenters. The molecule has 0 unspecified atom stereocenters. The first kappa shape index (κ1) is 22.4. The molecule has 31 heavy (non-hydrogen) atoms. The predicted molar refractivity (Wildman–Crippen MR) is 122 cm³/mol. The van der Waals surface area contributed by atoms with Crippen LogP contribution in [0.1, 0.15) is 59.5 Å². The minimum absolute atomic E-state index is 0.0679. The molecule has 2 heterocycles. The number of likely N-dealkylation sites (tertiary alicyclic amines) is 1. The number of thiazole rings is 1. The van der Waals surface area contributed by atoms with Gasteiger partial charge in [0.15, 0.2) is 0 Å². The van der Waals surface area contributed by atoms with Gasteiger partial charge in [-0.25, -0.2) is 4.98 Å². The molecule has 0 bridgehead atoms. The molecule has 3 N–H and O–H groups in total. The van der Waals surface area contributed by atoms with E-state index in [-0.39, 0.29) is 29.6 Å². The minimum Gasteiger partial charge on any atom is -0.393 e. The maximum atomic E-state index is 12.8. The van der Waals surface area contributed by atoms with E-state index >= 15 is 0 Å². The third-order valence-electron chi connectivity index (χ3n) is 7.17. The first-order valence-corrected chi connectivity index (χ1v) is 12.2. The molecule has 1 amide bonds. The number of rotatable bonds is 5. The molecule has 4 rings (SSSR count). The minimum atomic E-state index is -0.389. The largest absolute Gasteiger partial charge is 0.393 e. The molecule has 2 aromatic rings. The Balaban J connectivity index is 1.52. The average molecular weight is 444 g/mol. The van der Waals surface area contributed by atoms with Crippen LogP contribution in [-0.4, -0.2) is 63.9 Å². The molecule has 0 radical (unpaired) electrons. The number of hydrogen-bond acceptors (Lipinski definition) is 6. The lowest BCUT2D eigenvalue weighted by atomic mass is 9.74. The summed E-state index contributed by atoms with van der Waals surface area (Å²) in [6, 6.07) is 10.5. The van der Waals surface area contributed by atoms with Crippen molar-refractivity contribution in [1.82, 2.24) is 15.2 Å². The molecular weight excluding hydrogens is 410 g/mol.